The van der Waals surface area contributed by atoms with Crippen molar-refractivity contribution in [2.45, 2.75) is 95.1 Å². The Bertz CT molecular complexity index is 1210. The summed E-state index contributed by atoms with van der Waals surface area (Å²) >= 11 is 0. The van der Waals surface area contributed by atoms with Gasteiger partial charge in [-0.2, -0.15) is 5.26 Å². The number of hydrogen-bond donors (Lipinski definition) is 1. The Labute approximate surface area is 241 Å². The Balaban J connectivity index is 1.09. The molecule has 0 radical (unpaired) electrons. The molecule has 4 aliphatic heterocycles. The van der Waals surface area contributed by atoms with E-state index in [4.69, 9.17) is 9.47 Å². The SMILES string of the molecule is CC(C)(C)OC(=O)N1C2CCC(C2)C1C(=O)N[C@H](C#N)Cc1ccc(N2CCC3CN(C4CCOC4)CC32)cc1F. The molecule has 2 amide bonds. The average Bonchev–Trinajstić information content (AvgIpc) is 3.73. The maximum Gasteiger partial charge on any atom is 0.411 e. The number of halogens is 1. The first-order valence-corrected chi connectivity index (χ1v) is 15.2. The maximum absolute atomic E-state index is 15.4. The molecule has 4 saturated heterocycles. The average molecular weight is 568 g/mol. The Hall–Kier alpha value is -2.90. The van der Waals surface area contributed by atoms with E-state index in [1.165, 1.54) is 0 Å². The van der Waals surface area contributed by atoms with Gasteiger partial charge in [0.15, 0.2) is 0 Å². The molecular formula is C31H42FN5O4. The molecule has 5 aliphatic rings. The monoisotopic (exact) mass is 567 g/mol. The summed E-state index contributed by atoms with van der Waals surface area (Å²) in [6.07, 6.45) is 4.22. The number of rotatable bonds is 6. The quantitative estimate of drug-likeness (QED) is 0.562. The molecule has 1 saturated carbocycles. The molecule has 1 aromatic rings. The van der Waals surface area contributed by atoms with Gasteiger partial charge in [0.1, 0.15) is 23.5 Å². The van der Waals surface area contributed by atoms with E-state index in [1.807, 2.05) is 6.07 Å². The van der Waals surface area contributed by atoms with Gasteiger partial charge in [-0.15, -0.1) is 0 Å². The van der Waals surface area contributed by atoms with Crippen molar-refractivity contribution < 1.29 is 23.5 Å². The Morgan fingerprint density at radius 1 is 1.17 bits per heavy atom. The second kappa shape index (κ2) is 11.1. The summed E-state index contributed by atoms with van der Waals surface area (Å²) in [5.74, 6) is -0.106. The fourth-order valence-electron chi connectivity index (χ4n) is 7.81. The highest BCUT2D eigenvalue weighted by Gasteiger charge is 2.52. The molecule has 1 aliphatic carbocycles. The predicted molar refractivity (Wildman–Crippen MR) is 151 cm³/mol. The lowest BCUT2D eigenvalue weighted by atomic mass is 9.97. The van der Waals surface area contributed by atoms with Gasteiger partial charge >= 0.3 is 6.09 Å². The van der Waals surface area contributed by atoms with Crippen LogP contribution < -0.4 is 10.2 Å². The molecule has 9 nitrogen and oxygen atoms in total. The normalized spacial score (nSPS) is 31.8. The number of amides is 2. The molecule has 6 rings (SSSR count). The lowest BCUT2D eigenvalue weighted by Gasteiger charge is -2.35. The first kappa shape index (κ1) is 28.2. The number of carbonyl (C=O) groups excluding carboxylic acids is 2. The molecule has 1 aromatic carbocycles. The number of benzene rings is 1. The topological polar surface area (TPSA) is 98.1 Å². The number of nitriles is 1. The van der Waals surface area contributed by atoms with Gasteiger partial charge in [-0.3, -0.25) is 14.6 Å². The molecule has 6 unspecified atom stereocenters. The number of anilines is 1. The van der Waals surface area contributed by atoms with E-state index >= 15 is 4.39 Å². The summed E-state index contributed by atoms with van der Waals surface area (Å²) in [7, 11) is 0. The van der Waals surface area contributed by atoms with Gasteiger partial charge in [-0.25, -0.2) is 9.18 Å². The third kappa shape index (κ3) is 5.63. The van der Waals surface area contributed by atoms with E-state index in [9.17, 15) is 14.9 Å². The highest BCUT2D eigenvalue weighted by Crippen LogP contribution is 2.43. The molecule has 4 heterocycles. The fraction of sp³-hybridized carbons (Fsp3) is 0.710. The van der Waals surface area contributed by atoms with Gasteiger partial charge < -0.3 is 19.7 Å². The molecule has 0 spiro atoms. The molecule has 5 fully saturated rings. The van der Waals surface area contributed by atoms with Crippen LogP contribution in [0.5, 0.6) is 0 Å². The number of fused-ring (bicyclic) bond motifs is 3. The van der Waals surface area contributed by atoms with Gasteiger partial charge in [0.25, 0.3) is 0 Å². The highest BCUT2D eigenvalue weighted by molar-refractivity contribution is 5.87. The van der Waals surface area contributed by atoms with Crippen molar-refractivity contribution in [1.82, 2.24) is 15.1 Å². The van der Waals surface area contributed by atoms with Crippen LogP contribution in [0.2, 0.25) is 0 Å². The van der Waals surface area contributed by atoms with Crippen LogP contribution in [0, 0.1) is 29.0 Å². The van der Waals surface area contributed by atoms with Crippen molar-refractivity contribution in [2.75, 3.05) is 37.7 Å². The van der Waals surface area contributed by atoms with Crippen LogP contribution in [0.1, 0.15) is 58.4 Å². The standard InChI is InChI=1S/C31H42FN5O4/c1-31(2,3)41-30(39)37-24-7-5-20(13-24)28(37)29(38)34-22(15-33)12-19-4-6-23(14-26(19)32)36-10-8-21-16-35(17-27(21)36)25-9-11-40-18-25/h4,6,14,20-22,24-25,27-28H,5,7-13,16-18H2,1-3H3,(H,34,38)/t20?,21?,22-,24?,25?,27?,28?/m0/s1. The van der Waals surface area contributed by atoms with Gasteiger partial charge in [-0.05, 0) is 82.4 Å². The number of likely N-dealkylation sites (tertiary alicyclic amines) is 2. The van der Waals surface area contributed by atoms with E-state index < -0.39 is 23.8 Å². The molecule has 41 heavy (non-hydrogen) atoms. The molecule has 2 bridgehead atoms. The lowest BCUT2D eigenvalue weighted by Crippen LogP contribution is -2.55. The molecule has 10 heteroatoms. The molecule has 222 valence electrons. The van der Waals surface area contributed by atoms with Crippen LogP contribution >= 0.6 is 0 Å². The van der Waals surface area contributed by atoms with Crippen LogP contribution in [-0.4, -0.2) is 90.5 Å². The Kier molecular flexibility index (Phi) is 7.62. The molecule has 0 aromatic heterocycles. The van der Waals surface area contributed by atoms with Crippen LogP contribution in [0.4, 0.5) is 14.9 Å². The van der Waals surface area contributed by atoms with Gasteiger partial charge in [0.05, 0.1) is 12.7 Å². The van der Waals surface area contributed by atoms with Crippen molar-refractivity contribution in [3.63, 3.8) is 0 Å². The van der Waals surface area contributed by atoms with Crippen molar-refractivity contribution in [1.29, 1.82) is 5.26 Å². The summed E-state index contributed by atoms with van der Waals surface area (Å²) < 4.78 is 26.6. The van der Waals surface area contributed by atoms with Gasteiger partial charge in [0.2, 0.25) is 5.91 Å². The number of nitrogens with zero attached hydrogens (tertiary/aromatic N) is 4. The zero-order chi connectivity index (χ0) is 28.9. The predicted octanol–water partition coefficient (Wildman–Crippen LogP) is 3.46. The van der Waals surface area contributed by atoms with E-state index in [-0.39, 0.29) is 30.1 Å². The van der Waals surface area contributed by atoms with Crippen LogP contribution in [-0.2, 0) is 20.7 Å². The van der Waals surface area contributed by atoms with Crippen LogP contribution in [0.3, 0.4) is 0 Å². The van der Waals surface area contributed by atoms with Crippen LogP contribution in [0.25, 0.3) is 0 Å². The second-order valence-electron chi connectivity index (χ2n) is 13.5. The van der Waals surface area contributed by atoms with Crippen LogP contribution in [0.15, 0.2) is 18.2 Å². The maximum atomic E-state index is 15.4. The largest absolute Gasteiger partial charge is 0.444 e. The first-order valence-electron chi connectivity index (χ1n) is 15.2. The summed E-state index contributed by atoms with van der Waals surface area (Å²) in [5, 5.41) is 12.7. The van der Waals surface area contributed by atoms with Crippen molar-refractivity contribution >= 4 is 17.7 Å². The van der Waals surface area contributed by atoms with Crippen molar-refractivity contribution in [3.8, 4) is 6.07 Å². The minimum Gasteiger partial charge on any atom is -0.444 e. The third-order valence-corrected chi connectivity index (χ3v) is 9.72. The van der Waals surface area contributed by atoms with E-state index in [1.54, 1.807) is 37.8 Å². The summed E-state index contributed by atoms with van der Waals surface area (Å²) in [5.41, 5.74) is 0.594. The fourth-order valence-corrected chi connectivity index (χ4v) is 7.81. The molecular weight excluding hydrogens is 525 g/mol. The van der Waals surface area contributed by atoms with E-state index in [0.29, 0.717) is 23.6 Å². The van der Waals surface area contributed by atoms with E-state index in [2.05, 4.69) is 21.2 Å². The van der Waals surface area contributed by atoms with Gasteiger partial charge in [-0.1, -0.05) is 6.07 Å². The van der Waals surface area contributed by atoms with E-state index in [0.717, 1.165) is 70.6 Å². The summed E-state index contributed by atoms with van der Waals surface area (Å²) in [4.78, 5) is 32.8. The van der Waals surface area contributed by atoms with Crippen molar-refractivity contribution in [2.24, 2.45) is 11.8 Å². The number of nitrogens with one attached hydrogen (secondary N) is 1. The van der Waals surface area contributed by atoms with Gasteiger partial charge in [0, 0.05) is 56.5 Å². The molecule has 1 N–H and O–H groups in total. The number of ether oxygens (including phenoxy) is 2. The zero-order valence-corrected chi connectivity index (χ0v) is 24.4. The zero-order valence-electron chi connectivity index (χ0n) is 24.4. The summed E-state index contributed by atoms with van der Waals surface area (Å²) in [6.45, 7) is 10.0. The minimum absolute atomic E-state index is 0.0280. The molecule has 7 atom stereocenters. The number of hydrogen-bond acceptors (Lipinski definition) is 7. The third-order valence-electron chi connectivity index (χ3n) is 9.72. The smallest absolute Gasteiger partial charge is 0.411 e. The second-order valence-corrected chi connectivity index (χ2v) is 13.5. The minimum atomic E-state index is -0.907. The number of carbonyl (C=O) groups is 2. The van der Waals surface area contributed by atoms with Crippen molar-refractivity contribution in [3.05, 3.63) is 29.6 Å². The first-order chi connectivity index (χ1) is 19.6. The lowest BCUT2D eigenvalue weighted by molar-refractivity contribution is -0.128. The Morgan fingerprint density at radius 3 is 2.71 bits per heavy atom. The number of piperidine rings is 1. The Morgan fingerprint density at radius 2 is 2.00 bits per heavy atom. The summed E-state index contributed by atoms with van der Waals surface area (Å²) in [6, 6.07) is 6.67. The highest BCUT2D eigenvalue weighted by atomic mass is 19.1.